The van der Waals surface area contributed by atoms with E-state index in [2.05, 4.69) is 44.1 Å². The number of hydrogen-bond donors (Lipinski definition) is 1. The van der Waals surface area contributed by atoms with Gasteiger partial charge in [0.1, 0.15) is 0 Å². The van der Waals surface area contributed by atoms with Crippen molar-refractivity contribution in [2.75, 3.05) is 6.26 Å². The van der Waals surface area contributed by atoms with Gasteiger partial charge < -0.3 is 5.32 Å². The first kappa shape index (κ1) is 15.7. The van der Waals surface area contributed by atoms with E-state index in [1.54, 1.807) is 0 Å². The molecular formula is C17H33NS. The summed E-state index contributed by atoms with van der Waals surface area (Å²) in [6.45, 7) is 7.31. The van der Waals surface area contributed by atoms with Gasteiger partial charge in [-0.2, -0.15) is 11.8 Å². The number of thioether (sulfide) groups is 1. The average Bonchev–Trinajstić information content (AvgIpc) is 2.39. The summed E-state index contributed by atoms with van der Waals surface area (Å²) in [7, 11) is 0. The zero-order valence-corrected chi connectivity index (χ0v) is 14.2. The van der Waals surface area contributed by atoms with Gasteiger partial charge in [0.05, 0.1) is 0 Å². The lowest BCUT2D eigenvalue weighted by Crippen LogP contribution is -2.52. The third-order valence-corrected chi connectivity index (χ3v) is 6.48. The molecule has 0 aromatic rings. The minimum Gasteiger partial charge on any atom is -0.310 e. The molecule has 0 bridgehead atoms. The maximum absolute atomic E-state index is 4.09. The molecule has 0 aromatic carbocycles. The van der Waals surface area contributed by atoms with Crippen LogP contribution >= 0.6 is 11.8 Å². The lowest BCUT2D eigenvalue weighted by atomic mass is 9.69. The van der Waals surface area contributed by atoms with Crippen LogP contribution in [0.2, 0.25) is 0 Å². The van der Waals surface area contributed by atoms with E-state index in [0.29, 0.717) is 5.41 Å². The highest BCUT2D eigenvalue weighted by Crippen LogP contribution is 2.39. The normalized spacial score (nSPS) is 37.3. The van der Waals surface area contributed by atoms with Crippen molar-refractivity contribution in [3.05, 3.63) is 0 Å². The van der Waals surface area contributed by atoms with Crippen LogP contribution in [-0.4, -0.2) is 23.6 Å². The Hall–Kier alpha value is 0.310. The van der Waals surface area contributed by atoms with Gasteiger partial charge in [-0.15, -0.1) is 0 Å². The summed E-state index contributed by atoms with van der Waals surface area (Å²) in [5, 5.41) is 4.95. The summed E-state index contributed by atoms with van der Waals surface area (Å²) in [5.41, 5.74) is 0.460. The summed E-state index contributed by atoms with van der Waals surface area (Å²) >= 11 is 2.09. The first-order valence-electron chi connectivity index (χ1n) is 8.31. The van der Waals surface area contributed by atoms with Crippen molar-refractivity contribution >= 4 is 11.8 Å². The molecule has 1 nitrogen and oxygen atoms in total. The summed E-state index contributed by atoms with van der Waals surface area (Å²) < 4.78 is 0. The van der Waals surface area contributed by atoms with Gasteiger partial charge in [0.2, 0.25) is 0 Å². The third kappa shape index (κ3) is 4.14. The van der Waals surface area contributed by atoms with Crippen LogP contribution in [0.3, 0.4) is 0 Å². The monoisotopic (exact) mass is 283 g/mol. The highest BCUT2D eigenvalue weighted by atomic mass is 32.2. The first-order chi connectivity index (χ1) is 9.02. The van der Waals surface area contributed by atoms with E-state index in [1.165, 1.54) is 51.4 Å². The molecule has 0 aromatic heterocycles. The van der Waals surface area contributed by atoms with Gasteiger partial charge >= 0.3 is 0 Å². The highest BCUT2D eigenvalue weighted by Gasteiger charge is 2.36. The van der Waals surface area contributed by atoms with Crippen molar-refractivity contribution in [1.82, 2.24) is 5.32 Å². The molecule has 1 N–H and O–H groups in total. The van der Waals surface area contributed by atoms with Crippen molar-refractivity contribution in [2.45, 2.75) is 89.5 Å². The van der Waals surface area contributed by atoms with Crippen molar-refractivity contribution in [2.24, 2.45) is 11.3 Å². The Balaban J connectivity index is 1.98. The molecule has 2 saturated carbocycles. The van der Waals surface area contributed by atoms with Crippen LogP contribution in [0.15, 0.2) is 0 Å². The number of nitrogens with one attached hydrogen (secondary N) is 1. The lowest BCUT2D eigenvalue weighted by Gasteiger charge is -2.44. The summed E-state index contributed by atoms with van der Waals surface area (Å²) in [6, 6.07) is 1.54. The van der Waals surface area contributed by atoms with E-state index >= 15 is 0 Å². The molecule has 0 amide bonds. The van der Waals surface area contributed by atoms with Gasteiger partial charge in [0, 0.05) is 17.3 Å². The van der Waals surface area contributed by atoms with Gasteiger partial charge in [-0.05, 0) is 43.3 Å². The number of hydrogen-bond acceptors (Lipinski definition) is 2. The molecule has 0 saturated heterocycles. The second-order valence-electron chi connectivity index (χ2n) is 7.70. The van der Waals surface area contributed by atoms with Crippen molar-refractivity contribution in [1.29, 1.82) is 0 Å². The molecule has 2 rings (SSSR count). The second-order valence-corrected chi connectivity index (χ2v) is 8.77. The van der Waals surface area contributed by atoms with E-state index in [0.717, 1.165) is 23.3 Å². The van der Waals surface area contributed by atoms with Gasteiger partial charge in [0.15, 0.2) is 0 Å². The largest absolute Gasteiger partial charge is 0.310 e. The van der Waals surface area contributed by atoms with Crippen LogP contribution < -0.4 is 5.32 Å². The maximum Gasteiger partial charge on any atom is 0.0198 e. The van der Waals surface area contributed by atoms with E-state index in [-0.39, 0.29) is 0 Å². The van der Waals surface area contributed by atoms with E-state index in [9.17, 15) is 0 Å². The van der Waals surface area contributed by atoms with Crippen LogP contribution in [0.1, 0.15) is 72.1 Å². The fourth-order valence-corrected chi connectivity index (χ4v) is 5.16. The van der Waals surface area contributed by atoms with Crippen LogP contribution in [0.5, 0.6) is 0 Å². The molecule has 4 atom stereocenters. The van der Waals surface area contributed by atoms with Gasteiger partial charge in [-0.3, -0.25) is 0 Å². The molecule has 2 aliphatic carbocycles. The Kier molecular flexibility index (Phi) is 5.65. The topological polar surface area (TPSA) is 12.0 Å². The Morgan fingerprint density at radius 2 is 1.42 bits per heavy atom. The Morgan fingerprint density at radius 3 is 2.05 bits per heavy atom. The molecule has 0 heterocycles. The van der Waals surface area contributed by atoms with Crippen LogP contribution in [0, 0.1) is 11.3 Å². The molecular weight excluding hydrogens is 250 g/mol. The van der Waals surface area contributed by atoms with Gasteiger partial charge in [-0.1, -0.05) is 46.5 Å². The van der Waals surface area contributed by atoms with E-state index in [4.69, 9.17) is 0 Å². The first-order valence-corrected chi connectivity index (χ1v) is 9.60. The van der Waals surface area contributed by atoms with Gasteiger partial charge in [0.25, 0.3) is 0 Å². The smallest absolute Gasteiger partial charge is 0.0198 e. The molecule has 0 radical (unpaired) electrons. The fourth-order valence-electron chi connectivity index (χ4n) is 4.21. The SMILES string of the molecule is CSC1CCCCC1NC1CCCCC1C(C)(C)C. The molecule has 2 heteroatoms. The Bertz CT molecular complexity index is 271. The van der Waals surface area contributed by atoms with E-state index in [1.807, 2.05) is 0 Å². The molecule has 4 unspecified atom stereocenters. The van der Waals surface area contributed by atoms with Crippen LogP contribution in [0.4, 0.5) is 0 Å². The average molecular weight is 284 g/mol. The van der Waals surface area contributed by atoms with Crippen molar-refractivity contribution < 1.29 is 0 Å². The predicted octanol–water partition coefficient (Wildman–Crippen LogP) is 4.86. The molecule has 2 aliphatic rings. The van der Waals surface area contributed by atoms with Crippen molar-refractivity contribution in [3.8, 4) is 0 Å². The zero-order valence-electron chi connectivity index (χ0n) is 13.4. The molecule has 2 fully saturated rings. The minimum atomic E-state index is 0.460. The van der Waals surface area contributed by atoms with Crippen molar-refractivity contribution in [3.63, 3.8) is 0 Å². The third-order valence-electron chi connectivity index (χ3n) is 5.31. The Morgan fingerprint density at radius 1 is 0.842 bits per heavy atom. The van der Waals surface area contributed by atoms with E-state index < -0.39 is 0 Å². The van der Waals surface area contributed by atoms with Gasteiger partial charge in [-0.25, -0.2) is 0 Å². The number of rotatable bonds is 3. The lowest BCUT2D eigenvalue weighted by molar-refractivity contribution is 0.118. The summed E-state index contributed by atoms with van der Waals surface area (Å²) in [6.07, 6.45) is 13.7. The Labute approximate surface area is 124 Å². The van der Waals surface area contributed by atoms with Crippen LogP contribution in [-0.2, 0) is 0 Å². The molecule has 0 aliphatic heterocycles. The highest BCUT2D eigenvalue weighted by molar-refractivity contribution is 7.99. The van der Waals surface area contributed by atoms with Crippen LogP contribution in [0.25, 0.3) is 0 Å². The molecule has 19 heavy (non-hydrogen) atoms. The zero-order chi connectivity index (χ0) is 13.9. The fraction of sp³-hybridized carbons (Fsp3) is 1.00. The summed E-state index contributed by atoms with van der Waals surface area (Å²) in [5.74, 6) is 0.866. The maximum atomic E-state index is 4.09. The molecule has 0 spiro atoms. The quantitative estimate of drug-likeness (QED) is 0.794. The second kappa shape index (κ2) is 6.85. The predicted molar refractivity (Wildman–Crippen MR) is 87.9 cm³/mol. The minimum absolute atomic E-state index is 0.460. The summed E-state index contributed by atoms with van der Waals surface area (Å²) in [4.78, 5) is 0. The standard InChI is InChI=1S/C17H33NS/c1-17(2,3)13-9-5-6-10-14(13)18-15-11-7-8-12-16(15)19-4/h13-16,18H,5-12H2,1-4H3. The molecule has 112 valence electrons.